The molecule has 12 heavy (non-hydrogen) atoms. The zero-order valence-corrected chi connectivity index (χ0v) is 6.80. The van der Waals surface area contributed by atoms with Crippen LogP contribution in [0.1, 0.15) is 11.1 Å². The summed E-state index contributed by atoms with van der Waals surface area (Å²) in [6, 6.07) is 3.61. The van der Waals surface area contributed by atoms with Crippen LogP contribution in [0.15, 0.2) is 12.1 Å². The second-order valence-electron chi connectivity index (χ2n) is 3.06. The van der Waals surface area contributed by atoms with Gasteiger partial charge in [-0.3, -0.25) is 0 Å². The predicted octanol–water partition coefficient (Wildman–Crippen LogP) is 0.620. The maximum absolute atomic E-state index is 9.32. The van der Waals surface area contributed by atoms with E-state index in [2.05, 4.69) is 5.32 Å². The monoisotopic (exact) mass is 164 g/mol. The minimum atomic E-state index is 0.192. The fourth-order valence-electron chi connectivity index (χ4n) is 1.58. The van der Waals surface area contributed by atoms with Gasteiger partial charge in [0.1, 0.15) is 5.75 Å². The highest BCUT2D eigenvalue weighted by atomic mass is 16.3. The molecule has 1 aliphatic rings. The van der Waals surface area contributed by atoms with Crippen LogP contribution in [-0.2, 0) is 13.0 Å². The standard InChI is InChI=1S/C9H12N2O/c10-9-7-5-11-4-3-6(7)1-2-8(9)12/h1-2,11-12H,3-5,10H2. The molecule has 3 nitrogen and oxygen atoms in total. The number of anilines is 1. The molecular formula is C9H12N2O. The first-order chi connectivity index (χ1) is 5.79. The second kappa shape index (κ2) is 2.68. The zero-order valence-electron chi connectivity index (χ0n) is 6.80. The molecule has 0 bridgehead atoms. The Hall–Kier alpha value is -1.22. The molecule has 64 valence electrons. The van der Waals surface area contributed by atoms with Gasteiger partial charge in [-0.1, -0.05) is 6.07 Å². The van der Waals surface area contributed by atoms with Gasteiger partial charge in [0.25, 0.3) is 0 Å². The summed E-state index contributed by atoms with van der Waals surface area (Å²) >= 11 is 0. The Morgan fingerprint density at radius 2 is 2.25 bits per heavy atom. The summed E-state index contributed by atoms with van der Waals surface area (Å²) in [5.74, 6) is 0.192. The van der Waals surface area contributed by atoms with Crippen LogP contribution in [0.5, 0.6) is 5.75 Å². The fraction of sp³-hybridized carbons (Fsp3) is 0.333. The van der Waals surface area contributed by atoms with Crippen LogP contribution < -0.4 is 11.1 Å². The molecule has 0 aromatic heterocycles. The van der Waals surface area contributed by atoms with E-state index < -0.39 is 0 Å². The van der Waals surface area contributed by atoms with Gasteiger partial charge in [0, 0.05) is 6.54 Å². The average Bonchev–Trinajstić information content (AvgIpc) is 2.12. The van der Waals surface area contributed by atoms with Crippen molar-refractivity contribution in [2.24, 2.45) is 0 Å². The molecule has 2 rings (SSSR count). The third-order valence-corrected chi connectivity index (χ3v) is 2.30. The molecule has 0 unspecified atom stereocenters. The lowest BCUT2D eigenvalue weighted by Gasteiger charge is -2.19. The number of aromatic hydroxyl groups is 1. The molecule has 0 saturated heterocycles. The highest BCUT2D eigenvalue weighted by Gasteiger charge is 2.13. The molecule has 0 radical (unpaired) electrons. The smallest absolute Gasteiger partial charge is 0.138 e. The van der Waals surface area contributed by atoms with Crippen molar-refractivity contribution in [3.8, 4) is 5.75 Å². The molecule has 1 aromatic rings. The molecule has 0 fully saturated rings. The zero-order chi connectivity index (χ0) is 8.55. The number of benzene rings is 1. The Balaban J connectivity index is 2.54. The first-order valence-electron chi connectivity index (χ1n) is 4.09. The molecule has 1 aromatic carbocycles. The van der Waals surface area contributed by atoms with Crippen LogP contribution in [0.2, 0.25) is 0 Å². The lowest BCUT2D eigenvalue weighted by atomic mass is 9.99. The molecule has 1 aliphatic heterocycles. The normalized spacial score (nSPS) is 15.7. The molecule has 0 saturated carbocycles. The number of phenols is 1. The van der Waals surface area contributed by atoms with E-state index in [0.29, 0.717) is 5.69 Å². The van der Waals surface area contributed by atoms with Crippen LogP contribution in [0.3, 0.4) is 0 Å². The molecule has 0 atom stereocenters. The lowest BCUT2D eigenvalue weighted by molar-refractivity contribution is 0.476. The predicted molar refractivity (Wildman–Crippen MR) is 47.9 cm³/mol. The molecule has 0 aliphatic carbocycles. The summed E-state index contributed by atoms with van der Waals surface area (Å²) in [5, 5.41) is 12.5. The number of nitrogen functional groups attached to an aromatic ring is 1. The minimum Gasteiger partial charge on any atom is -0.506 e. The average molecular weight is 164 g/mol. The van der Waals surface area contributed by atoms with Gasteiger partial charge in [0.2, 0.25) is 0 Å². The highest BCUT2D eigenvalue weighted by molar-refractivity contribution is 5.61. The van der Waals surface area contributed by atoms with Crippen LogP contribution >= 0.6 is 0 Å². The number of hydrogen-bond acceptors (Lipinski definition) is 3. The van der Waals surface area contributed by atoms with Crippen molar-refractivity contribution in [2.75, 3.05) is 12.3 Å². The lowest BCUT2D eigenvalue weighted by Crippen LogP contribution is -2.24. The van der Waals surface area contributed by atoms with Gasteiger partial charge in [-0.25, -0.2) is 0 Å². The van der Waals surface area contributed by atoms with E-state index in [4.69, 9.17) is 5.73 Å². The van der Waals surface area contributed by atoms with Crippen molar-refractivity contribution in [3.63, 3.8) is 0 Å². The summed E-state index contributed by atoms with van der Waals surface area (Å²) in [6.07, 6.45) is 1.000. The fourth-order valence-corrected chi connectivity index (χ4v) is 1.58. The number of fused-ring (bicyclic) bond motifs is 1. The Morgan fingerprint density at radius 3 is 3.08 bits per heavy atom. The van der Waals surface area contributed by atoms with Crippen LogP contribution in [0.25, 0.3) is 0 Å². The van der Waals surface area contributed by atoms with E-state index in [0.717, 1.165) is 25.1 Å². The summed E-state index contributed by atoms with van der Waals surface area (Å²) in [5.41, 5.74) is 8.55. The van der Waals surface area contributed by atoms with Gasteiger partial charge in [-0.15, -0.1) is 0 Å². The van der Waals surface area contributed by atoms with Gasteiger partial charge in [-0.2, -0.15) is 0 Å². The van der Waals surface area contributed by atoms with E-state index in [9.17, 15) is 5.11 Å². The number of phenolic OH excluding ortho intramolecular Hbond substituents is 1. The molecular weight excluding hydrogens is 152 g/mol. The van der Waals surface area contributed by atoms with Gasteiger partial charge >= 0.3 is 0 Å². The number of rotatable bonds is 0. The van der Waals surface area contributed by atoms with Crippen LogP contribution in [0.4, 0.5) is 5.69 Å². The summed E-state index contributed by atoms with van der Waals surface area (Å²) in [7, 11) is 0. The summed E-state index contributed by atoms with van der Waals surface area (Å²) in [4.78, 5) is 0. The third-order valence-electron chi connectivity index (χ3n) is 2.30. The van der Waals surface area contributed by atoms with E-state index >= 15 is 0 Å². The van der Waals surface area contributed by atoms with Crippen molar-refractivity contribution in [1.29, 1.82) is 0 Å². The largest absolute Gasteiger partial charge is 0.506 e. The van der Waals surface area contributed by atoms with Gasteiger partial charge in [0.15, 0.2) is 0 Å². The van der Waals surface area contributed by atoms with Crippen molar-refractivity contribution >= 4 is 5.69 Å². The quantitative estimate of drug-likeness (QED) is 0.389. The number of nitrogens with one attached hydrogen (secondary N) is 1. The van der Waals surface area contributed by atoms with Crippen molar-refractivity contribution < 1.29 is 5.11 Å². The topological polar surface area (TPSA) is 58.3 Å². The molecule has 4 N–H and O–H groups in total. The highest BCUT2D eigenvalue weighted by Crippen LogP contribution is 2.28. The van der Waals surface area contributed by atoms with Gasteiger partial charge < -0.3 is 16.2 Å². The van der Waals surface area contributed by atoms with Gasteiger partial charge in [-0.05, 0) is 30.2 Å². The summed E-state index contributed by atoms with van der Waals surface area (Å²) < 4.78 is 0. The van der Waals surface area contributed by atoms with Crippen molar-refractivity contribution in [3.05, 3.63) is 23.3 Å². The number of nitrogens with two attached hydrogens (primary N) is 1. The molecule has 1 heterocycles. The maximum atomic E-state index is 9.32. The van der Waals surface area contributed by atoms with E-state index in [1.807, 2.05) is 6.07 Å². The first-order valence-corrected chi connectivity index (χ1v) is 4.09. The number of hydrogen-bond donors (Lipinski definition) is 3. The molecule has 0 amide bonds. The Bertz CT molecular complexity index is 310. The van der Waals surface area contributed by atoms with Crippen molar-refractivity contribution in [1.82, 2.24) is 5.32 Å². The second-order valence-corrected chi connectivity index (χ2v) is 3.06. The van der Waals surface area contributed by atoms with Crippen LogP contribution in [0, 0.1) is 0 Å². The molecule has 3 heteroatoms. The maximum Gasteiger partial charge on any atom is 0.138 e. The summed E-state index contributed by atoms with van der Waals surface area (Å²) in [6.45, 7) is 1.77. The van der Waals surface area contributed by atoms with Crippen molar-refractivity contribution in [2.45, 2.75) is 13.0 Å². The molecule has 0 spiro atoms. The van der Waals surface area contributed by atoms with Crippen LogP contribution in [-0.4, -0.2) is 11.7 Å². The van der Waals surface area contributed by atoms with E-state index in [-0.39, 0.29) is 5.75 Å². The first kappa shape index (κ1) is 7.43. The SMILES string of the molecule is Nc1c(O)ccc2c1CNCC2. The minimum absolute atomic E-state index is 0.192. The van der Waals surface area contributed by atoms with E-state index in [1.54, 1.807) is 6.07 Å². The van der Waals surface area contributed by atoms with E-state index in [1.165, 1.54) is 5.56 Å². The van der Waals surface area contributed by atoms with Gasteiger partial charge in [0.05, 0.1) is 5.69 Å². The Kier molecular flexibility index (Phi) is 1.66. The third kappa shape index (κ3) is 1.02. The Morgan fingerprint density at radius 1 is 1.42 bits per heavy atom. The Labute approximate surface area is 71.2 Å².